The smallest absolute Gasteiger partial charge is 0.354 e. The molecule has 6 heteroatoms. The molecular weight excluding hydrogens is 186 g/mol. The Kier molecular flexibility index (Phi) is 2.76. The maximum Gasteiger partial charge on any atom is 0.354 e. The van der Waals surface area contributed by atoms with E-state index in [-0.39, 0.29) is 11.4 Å². The number of anilines is 1. The summed E-state index contributed by atoms with van der Waals surface area (Å²) in [5.74, 6) is -1.11. The van der Waals surface area contributed by atoms with Crippen LogP contribution in [-0.2, 0) is 0 Å². The molecule has 14 heavy (non-hydrogen) atoms. The summed E-state index contributed by atoms with van der Waals surface area (Å²) >= 11 is 0. The highest BCUT2D eigenvalue weighted by Crippen LogP contribution is 2.16. The largest absolute Gasteiger partial charge is 0.477 e. The maximum atomic E-state index is 10.9. The predicted octanol–water partition coefficient (Wildman–Crippen LogP) is 0.773. The lowest BCUT2D eigenvalue weighted by atomic mass is 10.3. The minimum absolute atomic E-state index is 0.0221. The first-order chi connectivity index (χ1) is 6.54. The van der Waals surface area contributed by atoms with Crippen LogP contribution in [0, 0.1) is 6.92 Å². The number of hydrogen-bond donors (Lipinski definition) is 4. The Bertz CT molecular complexity index is 370. The van der Waals surface area contributed by atoms with E-state index in [2.05, 4.69) is 15.6 Å². The average Bonchev–Trinajstić information content (AvgIpc) is 2.46. The molecule has 0 unspecified atom stereocenters. The van der Waals surface area contributed by atoms with Gasteiger partial charge < -0.3 is 20.7 Å². The first kappa shape index (κ1) is 10.1. The molecule has 1 aromatic rings. The van der Waals surface area contributed by atoms with Crippen LogP contribution in [0.2, 0.25) is 0 Å². The van der Waals surface area contributed by atoms with Gasteiger partial charge in [-0.25, -0.2) is 9.59 Å². The molecule has 0 spiro atoms. The Morgan fingerprint density at radius 1 is 1.50 bits per heavy atom. The van der Waals surface area contributed by atoms with Gasteiger partial charge in [0, 0.05) is 12.7 Å². The first-order valence-electron chi connectivity index (χ1n) is 3.96. The number of aromatic carboxylic acids is 1. The fraction of sp³-hybridized carbons (Fsp3) is 0.250. The van der Waals surface area contributed by atoms with Crippen LogP contribution in [0.25, 0.3) is 0 Å². The van der Waals surface area contributed by atoms with Gasteiger partial charge in [0.25, 0.3) is 0 Å². The second-order valence-corrected chi connectivity index (χ2v) is 2.75. The summed E-state index contributed by atoms with van der Waals surface area (Å²) in [4.78, 5) is 24.3. The molecule has 0 radical (unpaired) electrons. The summed E-state index contributed by atoms with van der Waals surface area (Å²) < 4.78 is 0. The van der Waals surface area contributed by atoms with E-state index in [1.54, 1.807) is 13.0 Å². The topological polar surface area (TPSA) is 94.2 Å². The van der Waals surface area contributed by atoms with Crippen molar-refractivity contribution in [3.63, 3.8) is 0 Å². The molecule has 1 aromatic heterocycles. The summed E-state index contributed by atoms with van der Waals surface area (Å²) in [6, 6.07) is 1.10. The van der Waals surface area contributed by atoms with Gasteiger partial charge in [-0.3, -0.25) is 0 Å². The van der Waals surface area contributed by atoms with Crippen LogP contribution in [0.3, 0.4) is 0 Å². The van der Waals surface area contributed by atoms with Crippen molar-refractivity contribution in [1.82, 2.24) is 10.3 Å². The van der Waals surface area contributed by atoms with Gasteiger partial charge in [-0.15, -0.1) is 0 Å². The van der Waals surface area contributed by atoms with Gasteiger partial charge in [0.2, 0.25) is 0 Å². The van der Waals surface area contributed by atoms with Crippen LogP contribution in [-0.4, -0.2) is 29.1 Å². The number of H-pyrrole nitrogens is 1. The molecule has 0 fully saturated rings. The summed E-state index contributed by atoms with van der Waals surface area (Å²) in [6.07, 6.45) is 0. The van der Waals surface area contributed by atoms with Crippen LogP contribution in [0.15, 0.2) is 6.07 Å². The Balaban J connectivity index is 2.95. The molecule has 0 bridgehead atoms. The second kappa shape index (κ2) is 3.82. The van der Waals surface area contributed by atoms with Gasteiger partial charge >= 0.3 is 12.0 Å². The zero-order valence-corrected chi connectivity index (χ0v) is 7.84. The summed E-state index contributed by atoms with van der Waals surface area (Å²) in [5.41, 5.74) is 0.911. The van der Waals surface area contributed by atoms with Crippen molar-refractivity contribution in [2.45, 2.75) is 6.92 Å². The molecule has 0 atom stereocenters. The third kappa shape index (κ3) is 2.03. The van der Waals surface area contributed by atoms with Crippen LogP contribution in [0.1, 0.15) is 16.2 Å². The number of carbonyl (C=O) groups excluding carboxylic acids is 1. The van der Waals surface area contributed by atoms with E-state index in [1.165, 1.54) is 7.05 Å². The molecule has 0 saturated heterocycles. The molecule has 0 saturated carbocycles. The van der Waals surface area contributed by atoms with Crippen LogP contribution < -0.4 is 10.6 Å². The number of urea groups is 1. The first-order valence-corrected chi connectivity index (χ1v) is 3.96. The minimum Gasteiger partial charge on any atom is -0.477 e. The molecule has 76 valence electrons. The van der Waals surface area contributed by atoms with E-state index >= 15 is 0 Å². The van der Waals surface area contributed by atoms with E-state index in [1.807, 2.05) is 0 Å². The van der Waals surface area contributed by atoms with Gasteiger partial charge in [-0.1, -0.05) is 0 Å². The van der Waals surface area contributed by atoms with Crippen molar-refractivity contribution in [1.29, 1.82) is 0 Å². The molecule has 0 aliphatic rings. The third-order valence-corrected chi connectivity index (χ3v) is 1.64. The third-order valence-electron chi connectivity index (χ3n) is 1.64. The van der Waals surface area contributed by atoms with Crippen LogP contribution in [0.4, 0.5) is 10.5 Å². The zero-order valence-electron chi connectivity index (χ0n) is 7.84. The number of rotatable bonds is 2. The Labute approximate surface area is 80.3 Å². The number of aromatic nitrogens is 1. The normalized spacial score (nSPS) is 9.57. The molecule has 0 aliphatic carbocycles. The molecular formula is C8H11N3O3. The Morgan fingerprint density at radius 3 is 2.64 bits per heavy atom. The molecule has 1 rings (SSSR count). The van der Waals surface area contributed by atoms with Gasteiger partial charge in [0.05, 0.1) is 5.69 Å². The van der Waals surface area contributed by atoms with Crippen molar-refractivity contribution < 1.29 is 14.7 Å². The number of nitrogens with one attached hydrogen (secondary N) is 3. The number of hydrogen-bond acceptors (Lipinski definition) is 2. The van der Waals surface area contributed by atoms with E-state index in [0.29, 0.717) is 5.69 Å². The van der Waals surface area contributed by atoms with E-state index in [0.717, 1.165) is 0 Å². The standard InChI is InChI=1S/C8H11N3O3/c1-4-3-5(11-8(14)9-2)6(10-4)7(12)13/h3,10H,1-2H3,(H,12,13)(H2,9,11,14). The van der Waals surface area contributed by atoms with Crippen LogP contribution >= 0.6 is 0 Å². The lowest BCUT2D eigenvalue weighted by Gasteiger charge is -2.02. The SMILES string of the molecule is CNC(=O)Nc1cc(C)[nH]c1C(=O)O. The lowest BCUT2D eigenvalue weighted by molar-refractivity contribution is 0.0692. The Morgan fingerprint density at radius 2 is 2.14 bits per heavy atom. The average molecular weight is 197 g/mol. The molecule has 0 aliphatic heterocycles. The molecule has 0 aromatic carbocycles. The van der Waals surface area contributed by atoms with E-state index in [4.69, 9.17) is 5.11 Å². The van der Waals surface area contributed by atoms with Crippen molar-refractivity contribution in [2.75, 3.05) is 12.4 Å². The molecule has 4 N–H and O–H groups in total. The number of carboxylic acids is 1. The molecule has 6 nitrogen and oxygen atoms in total. The van der Waals surface area contributed by atoms with E-state index in [9.17, 15) is 9.59 Å². The van der Waals surface area contributed by atoms with Gasteiger partial charge in [0.15, 0.2) is 0 Å². The predicted molar refractivity (Wildman–Crippen MR) is 50.6 cm³/mol. The maximum absolute atomic E-state index is 10.9. The van der Waals surface area contributed by atoms with Crippen molar-refractivity contribution in [3.8, 4) is 0 Å². The van der Waals surface area contributed by atoms with Crippen LogP contribution in [0.5, 0.6) is 0 Å². The highest BCUT2D eigenvalue weighted by atomic mass is 16.4. The summed E-state index contributed by atoms with van der Waals surface area (Å²) in [6.45, 7) is 1.71. The fourth-order valence-corrected chi connectivity index (χ4v) is 1.04. The zero-order chi connectivity index (χ0) is 10.7. The fourth-order valence-electron chi connectivity index (χ4n) is 1.04. The highest BCUT2D eigenvalue weighted by Gasteiger charge is 2.14. The quantitative estimate of drug-likeness (QED) is 0.564. The number of carbonyl (C=O) groups is 2. The van der Waals surface area contributed by atoms with Gasteiger partial charge in [0.1, 0.15) is 5.69 Å². The monoisotopic (exact) mass is 197 g/mol. The molecule has 2 amide bonds. The lowest BCUT2D eigenvalue weighted by Crippen LogP contribution is -2.25. The van der Waals surface area contributed by atoms with Gasteiger partial charge in [-0.2, -0.15) is 0 Å². The van der Waals surface area contributed by atoms with Crippen molar-refractivity contribution >= 4 is 17.7 Å². The van der Waals surface area contributed by atoms with E-state index < -0.39 is 12.0 Å². The Hall–Kier alpha value is -1.98. The number of aryl methyl sites for hydroxylation is 1. The number of carboxylic acid groups (broad SMARTS) is 1. The van der Waals surface area contributed by atoms with Crippen molar-refractivity contribution in [2.24, 2.45) is 0 Å². The number of aromatic amines is 1. The minimum atomic E-state index is -1.11. The second-order valence-electron chi connectivity index (χ2n) is 2.75. The molecule has 1 heterocycles. The van der Waals surface area contributed by atoms with Gasteiger partial charge in [-0.05, 0) is 13.0 Å². The highest BCUT2D eigenvalue weighted by molar-refractivity contribution is 5.98. The summed E-state index contributed by atoms with van der Waals surface area (Å²) in [5, 5.41) is 13.5. The number of amides is 2. The summed E-state index contributed by atoms with van der Waals surface area (Å²) in [7, 11) is 1.45. The van der Waals surface area contributed by atoms with Crippen molar-refractivity contribution in [3.05, 3.63) is 17.5 Å².